The first-order valence-corrected chi connectivity index (χ1v) is 12.4. The van der Waals surface area contributed by atoms with Crippen molar-refractivity contribution in [1.82, 2.24) is 10.2 Å². The predicted molar refractivity (Wildman–Crippen MR) is 139 cm³/mol. The molecule has 0 aliphatic rings. The van der Waals surface area contributed by atoms with E-state index in [1.807, 2.05) is 48.5 Å². The zero-order chi connectivity index (χ0) is 25.0. The highest BCUT2D eigenvalue weighted by atomic mass is 35.5. The van der Waals surface area contributed by atoms with Gasteiger partial charge in [-0.3, -0.25) is 9.59 Å². The maximum atomic E-state index is 14.6. The van der Waals surface area contributed by atoms with Crippen LogP contribution in [0.4, 0.5) is 4.39 Å². The normalized spacial score (nSPS) is 11.6. The zero-order valence-corrected chi connectivity index (χ0v) is 20.8. The number of benzene rings is 3. The zero-order valence-electron chi connectivity index (χ0n) is 20.1. The molecule has 0 heterocycles. The van der Waals surface area contributed by atoms with E-state index in [2.05, 4.69) is 12.2 Å². The number of hydrogen-bond donors (Lipinski definition) is 1. The van der Waals surface area contributed by atoms with Crippen LogP contribution in [0, 0.1) is 5.82 Å². The predicted octanol–water partition coefficient (Wildman–Crippen LogP) is 5.97. The van der Waals surface area contributed by atoms with Gasteiger partial charge in [0.05, 0.1) is 0 Å². The highest BCUT2D eigenvalue weighted by molar-refractivity contribution is 6.31. The van der Waals surface area contributed by atoms with Gasteiger partial charge in [0.2, 0.25) is 11.8 Å². The molecule has 0 aliphatic carbocycles. The summed E-state index contributed by atoms with van der Waals surface area (Å²) in [5.41, 5.74) is 2.17. The highest BCUT2D eigenvalue weighted by Gasteiger charge is 2.30. The molecule has 0 aromatic heterocycles. The maximum absolute atomic E-state index is 14.6. The summed E-state index contributed by atoms with van der Waals surface area (Å²) >= 11 is 6.29. The lowest BCUT2D eigenvalue weighted by atomic mass is 10.0. The van der Waals surface area contributed by atoms with Crippen LogP contribution in [0.3, 0.4) is 0 Å². The van der Waals surface area contributed by atoms with Crippen molar-refractivity contribution in [1.29, 1.82) is 0 Å². The molecule has 0 saturated heterocycles. The third kappa shape index (κ3) is 7.93. The lowest BCUT2D eigenvalue weighted by Gasteiger charge is -2.32. The van der Waals surface area contributed by atoms with E-state index in [9.17, 15) is 14.0 Å². The third-order valence-electron chi connectivity index (χ3n) is 5.97. The number of carbonyl (C=O) groups excluding carboxylic acids is 2. The molecule has 0 fully saturated rings. The SMILES string of the molecule is CCCCNC(=O)C(Cc1ccccc1)N(Cc1ccccc1F)C(=O)CCc1ccccc1Cl. The highest BCUT2D eigenvalue weighted by Crippen LogP contribution is 2.21. The number of carbonyl (C=O) groups is 2. The van der Waals surface area contributed by atoms with Gasteiger partial charge in [-0.15, -0.1) is 0 Å². The van der Waals surface area contributed by atoms with E-state index < -0.39 is 11.9 Å². The molecule has 35 heavy (non-hydrogen) atoms. The molecule has 3 rings (SSSR count). The molecule has 6 heteroatoms. The molecule has 0 saturated carbocycles. The van der Waals surface area contributed by atoms with Gasteiger partial charge in [-0.05, 0) is 36.1 Å². The van der Waals surface area contributed by atoms with Crippen LogP contribution in [0.1, 0.15) is 42.9 Å². The monoisotopic (exact) mass is 494 g/mol. The average Bonchev–Trinajstić information content (AvgIpc) is 2.87. The summed E-state index contributed by atoms with van der Waals surface area (Å²) in [5.74, 6) is -0.856. The Kier molecular flexibility index (Phi) is 10.3. The van der Waals surface area contributed by atoms with Crippen LogP contribution in [0.2, 0.25) is 5.02 Å². The second-order valence-electron chi connectivity index (χ2n) is 8.55. The number of hydrogen-bond acceptors (Lipinski definition) is 2. The standard InChI is InChI=1S/C29H32ClFN2O2/c1-2-3-19-32-29(35)27(20-22-11-5-4-6-12-22)33(21-24-14-8-10-16-26(24)31)28(34)18-17-23-13-7-9-15-25(23)30/h4-16,27H,2-3,17-21H2,1H3,(H,32,35). The van der Waals surface area contributed by atoms with Crippen LogP contribution in [-0.2, 0) is 29.0 Å². The van der Waals surface area contributed by atoms with Gasteiger partial charge in [0, 0.05) is 36.5 Å². The number of rotatable bonds is 12. The Morgan fingerprint density at radius 3 is 2.29 bits per heavy atom. The van der Waals surface area contributed by atoms with Crippen molar-refractivity contribution < 1.29 is 14.0 Å². The first-order valence-electron chi connectivity index (χ1n) is 12.1. The van der Waals surface area contributed by atoms with Crippen LogP contribution < -0.4 is 5.32 Å². The molecule has 0 radical (unpaired) electrons. The first-order chi connectivity index (χ1) is 17.0. The van der Waals surface area contributed by atoms with Gasteiger partial charge in [-0.25, -0.2) is 4.39 Å². The summed E-state index contributed by atoms with van der Waals surface area (Å²) < 4.78 is 14.6. The van der Waals surface area contributed by atoms with E-state index in [0.717, 1.165) is 24.0 Å². The molecule has 1 N–H and O–H groups in total. The summed E-state index contributed by atoms with van der Waals surface area (Å²) in [6.07, 6.45) is 2.72. The van der Waals surface area contributed by atoms with Crippen molar-refractivity contribution in [2.24, 2.45) is 0 Å². The topological polar surface area (TPSA) is 49.4 Å². The smallest absolute Gasteiger partial charge is 0.243 e. The molecule has 1 atom stereocenters. The molecule has 4 nitrogen and oxygen atoms in total. The molecule has 0 spiro atoms. The number of nitrogens with zero attached hydrogens (tertiary/aromatic N) is 1. The van der Waals surface area contributed by atoms with Crippen LogP contribution in [0.15, 0.2) is 78.9 Å². The molecular formula is C29H32ClFN2O2. The Bertz CT molecular complexity index is 1110. The summed E-state index contributed by atoms with van der Waals surface area (Å²) in [5, 5.41) is 3.57. The first kappa shape index (κ1) is 26.4. The number of halogens is 2. The molecule has 3 aromatic carbocycles. The van der Waals surface area contributed by atoms with Gasteiger partial charge >= 0.3 is 0 Å². The summed E-state index contributed by atoms with van der Waals surface area (Å²) in [6.45, 7) is 2.59. The Morgan fingerprint density at radius 1 is 0.943 bits per heavy atom. The fraction of sp³-hybridized carbons (Fsp3) is 0.310. The number of nitrogens with one attached hydrogen (secondary N) is 1. The van der Waals surface area contributed by atoms with Gasteiger partial charge in [-0.2, -0.15) is 0 Å². The number of amides is 2. The minimum Gasteiger partial charge on any atom is -0.354 e. The molecule has 0 aliphatic heterocycles. The van der Waals surface area contributed by atoms with Gasteiger partial charge in [0.15, 0.2) is 0 Å². The van der Waals surface area contributed by atoms with Crippen molar-refractivity contribution >= 4 is 23.4 Å². The quantitative estimate of drug-likeness (QED) is 0.315. The van der Waals surface area contributed by atoms with Crippen LogP contribution >= 0.6 is 11.6 Å². The number of unbranched alkanes of at least 4 members (excludes halogenated alkanes) is 1. The van der Waals surface area contributed by atoms with Crippen molar-refractivity contribution in [2.45, 2.75) is 51.6 Å². The minimum atomic E-state index is -0.771. The largest absolute Gasteiger partial charge is 0.354 e. The van der Waals surface area contributed by atoms with E-state index in [0.29, 0.717) is 30.0 Å². The Labute approximate surface area is 212 Å². The molecule has 2 amide bonds. The lowest BCUT2D eigenvalue weighted by molar-refractivity contribution is -0.141. The fourth-order valence-corrected chi connectivity index (χ4v) is 4.19. The van der Waals surface area contributed by atoms with Crippen LogP contribution in [0.25, 0.3) is 0 Å². The minimum absolute atomic E-state index is 0.00667. The van der Waals surface area contributed by atoms with E-state index >= 15 is 0 Å². The van der Waals surface area contributed by atoms with Crippen molar-refractivity contribution in [3.05, 3.63) is 106 Å². The Hall–Kier alpha value is -3.18. The van der Waals surface area contributed by atoms with E-state index in [4.69, 9.17) is 11.6 Å². The van der Waals surface area contributed by atoms with Gasteiger partial charge in [0.25, 0.3) is 0 Å². The van der Waals surface area contributed by atoms with Crippen LogP contribution in [-0.4, -0.2) is 29.3 Å². The summed E-state index contributed by atoms with van der Waals surface area (Å²) in [4.78, 5) is 28.5. The fourth-order valence-electron chi connectivity index (χ4n) is 3.96. The van der Waals surface area contributed by atoms with E-state index in [1.165, 1.54) is 11.0 Å². The van der Waals surface area contributed by atoms with E-state index in [-0.39, 0.29) is 24.8 Å². The van der Waals surface area contributed by atoms with E-state index in [1.54, 1.807) is 24.3 Å². The van der Waals surface area contributed by atoms with Crippen molar-refractivity contribution in [3.63, 3.8) is 0 Å². The summed E-state index contributed by atoms with van der Waals surface area (Å²) in [7, 11) is 0. The Morgan fingerprint density at radius 2 is 1.60 bits per heavy atom. The number of aryl methyl sites for hydroxylation is 1. The molecule has 184 valence electrons. The Balaban J connectivity index is 1.90. The van der Waals surface area contributed by atoms with Gasteiger partial charge in [-0.1, -0.05) is 91.7 Å². The maximum Gasteiger partial charge on any atom is 0.243 e. The van der Waals surface area contributed by atoms with Gasteiger partial charge < -0.3 is 10.2 Å². The van der Waals surface area contributed by atoms with Crippen molar-refractivity contribution in [2.75, 3.05) is 6.54 Å². The molecule has 0 bridgehead atoms. The van der Waals surface area contributed by atoms with Crippen molar-refractivity contribution in [3.8, 4) is 0 Å². The average molecular weight is 495 g/mol. The van der Waals surface area contributed by atoms with Crippen LogP contribution in [0.5, 0.6) is 0 Å². The molecular weight excluding hydrogens is 463 g/mol. The summed E-state index contributed by atoms with van der Waals surface area (Å²) in [6, 6.07) is 22.6. The van der Waals surface area contributed by atoms with Gasteiger partial charge in [0.1, 0.15) is 11.9 Å². The second kappa shape index (κ2) is 13.6. The second-order valence-corrected chi connectivity index (χ2v) is 8.96. The molecule has 1 unspecified atom stereocenters. The molecule has 3 aromatic rings. The third-order valence-corrected chi connectivity index (χ3v) is 6.33. The lowest BCUT2D eigenvalue weighted by Crippen LogP contribution is -2.50.